The van der Waals surface area contributed by atoms with Gasteiger partial charge in [-0.1, -0.05) is 105 Å². The minimum Gasteiger partial charge on any atom is -0.357 e. The van der Waals surface area contributed by atoms with E-state index in [4.69, 9.17) is 0 Å². The molecule has 1 atom stereocenters. The van der Waals surface area contributed by atoms with Gasteiger partial charge in [0, 0.05) is 17.2 Å². The Morgan fingerprint density at radius 3 is 1.82 bits per heavy atom. The zero-order chi connectivity index (χ0) is 26.7. The molecule has 3 N–H and O–H groups in total. The molecule has 0 spiro atoms. The molecule has 3 aliphatic rings. The monoisotopic (exact) mass is 521 g/mol. The Bertz CT molecular complexity index is 1270. The third-order valence-corrected chi connectivity index (χ3v) is 9.05. The van der Waals surface area contributed by atoms with Gasteiger partial charge in [-0.05, 0) is 49.3 Å². The Hall–Kier alpha value is -3.60. The lowest BCUT2D eigenvalue weighted by atomic mass is 9.71. The normalized spacial score (nSPS) is 19.8. The summed E-state index contributed by atoms with van der Waals surface area (Å²) in [4.78, 5) is 27.5. The summed E-state index contributed by atoms with van der Waals surface area (Å²) in [6, 6.07) is 25.8. The maximum absolute atomic E-state index is 14.3. The van der Waals surface area contributed by atoms with Crippen molar-refractivity contribution in [1.29, 1.82) is 0 Å². The van der Waals surface area contributed by atoms with Crippen LogP contribution in [0.1, 0.15) is 85.7 Å². The van der Waals surface area contributed by atoms with Crippen molar-refractivity contribution >= 4 is 23.1 Å². The highest BCUT2D eigenvalue weighted by atomic mass is 16.2. The van der Waals surface area contributed by atoms with Crippen LogP contribution in [-0.2, 0) is 10.5 Å². The molecule has 0 saturated heterocycles. The average Bonchev–Trinajstić information content (AvgIpc) is 3.39. The lowest BCUT2D eigenvalue weighted by Crippen LogP contribution is -2.56. The number of hydrogen-bond donors (Lipinski definition) is 3. The fourth-order valence-electron chi connectivity index (χ4n) is 7.05. The molecular weight excluding hydrogens is 482 g/mol. The highest BCUT2D eigenvalue weighted by molar-refractivity contribution is 6.09. The van der Waals surface area contributed by atoms with E-state index in [2.05, 4.69) is 28.1 Å². The van der Waals surface area contributed by atoms with Crippen molar-refractivity contribution in [3.05, 3.63) is 95.6 Å². The molecule has 1 unspecified atom stereocenters. The molecule has 2 saturated carbocycles. The summed E-state index contributed by atoms with van der Waals surface area (Å²) in [5.41, 5.74) is 3.53. The maximum atomic E-state index is 14.3. The first-order valence-corrected chi connectivity index (χ1v) is 14.8. The zero-order valence-electron chi connectivity index (χ0n) is 22.6. The summed E-state index contributed by atoms with van der Waals surface area (Å²) in [5, 5.41) is 11.1. The van der Waals surface area contributed by atoms with Gasteiger partial charge in [-0.25, -0.2) is 0 Å². The van der Waals surface area contributed by atoms with E-state index in [1.54, 1.807) is 0 Å². The van der Waals surface area contributed by atoms with E-state index in [9.17, 15) is 9.59 Å². The third-order valence-electron chi connectivity index (χ3n) is 9.05. The van der Waals surface area contributed by atoms with Gasteiger partial charge in [-0.3, -0.25) is 9.59 Å². The quantitative estimate of drug-likeness (QED) is 0.286. The number of ketones is 1. The van der Waals surface area contributed by atoms with Crippen LogP contribution >= 0.6 is 0 Å². The average molecular weight is 522 g/mol. The van der Waals surface area contributed by atoms with Crippen molar-refractivity contribution < 1.29 is 9.59 Å². The van der Waals surface area contributed by atoms with E-state index in [0.717, 1.165) is 55.5 Å². The van der Waals surface area contributed by atoms with Crippen molar-refractivity contribution in [3.8, 4) is 0 Å². The smallest absolute Gasteiger partial charge is 0.228 e. The second kappa shape index (κ2) is 11.3. The number of anilines is 2. The molecule has 2 fully saturated rings. The summed E-state index contributed by atoms with van der Waals surface area (Å²) in [6.45, 7) is 0. The van der Waals surface area contributed by atoms with Crippen LogP contribution in [0.3, 0.4) is 0 Å². The summed E-state index contributed by atoms with van der Waals surface area (Å²) in [6.07, 6.45) is 11.4. The van der Waals surface area contributed by atoms with Crippen LogP contribution < -0.4 is 16.0 Å². The van der Waals surface area contributed by atoms with Crippen LogP contribution in [0.25, 0.3) is 0 Å². The molecule has 1 amide bonds. The molecule has 39 heavy (non-hydrogen) atoms. The molecule has 3 aromatic rings. The Balaban J connectivity index is 1.39. The standard InChI is InChI=1S/C34H39N3O2/c38-32(25-14-6-2-7-15-25)26-20-22-27(23-21-26)34(36-29-18-10-11-19-30(29)37-34)31(24-12-4-1-5-13-24)33(39)35-28-16-8-3-9-17-28/h2,6-7,10-11,14-15,18-24,28,31,36-37H,1,3-5,8-9,12-13,16-17H2,(H,35,39). The Kier molecular flexibility index (Phi) is 7.40. The van der Waals surface area contributed by atoms with Crippen LogP contribution in [0.2, 0.25) is 0 Å². The lowest BCUT2D eigenvalue weighted by molar-refractivity contribution is -0.130. The fraction of sp³-hybridized carbons (Fsp3) is 0.412. The fourth-order valence-corrected chi connectivity index (χ4v) is 7.05. The summed E-state index contributed by atoms with van der Waals surface area (Å²) < 4.78 is 0. The molecule has 0 aromatic heterocycles. The Labute approximate surface area is 231 Å². The summed E-state index contributed by atoms with van der Waals surface area (Å²) >= 11 is 0. The predicted octanol–water partition coefficient (Wildman–Crippen LogP) is 7.25. The predicted molar refractivity (Wildman–Crippen MR) is 157 cm³/mol. The van der Waals surface area contributed by atoms with E-state index in [0.29, 0.717) is 11.1 Å². The van der Waals surface area contributed by atoms with Crippen molar-refractivity contribution in [2.75, 3.05) is 10.6 Å². The molecule has 202 valence electrons. The van der Waals surface area contributed by atoms with Crippen molar-refractivity contribution in [2.45, 2.75) is 75.9 Å². The largest absolute Gasteiger partial charge is 0.357 e. The molecule has 5 heteroatoms. The first kappa shape index (κ1) is 25.7. The van der Waals surface area contributed by atoms with Gasteiger partial charge in [0.25, 0.3) is 0 Å². The first-order chi connectivity index (χ1) is 19.1. The Morgan fingerprint density at radius 2 is 1.21 bits per heavy atom. The van der Waals surface area contributed by atoms with Gasteiger partial charge in [0.15, 0.2) is 5.78 Å². The number of carbonyl (C=O) groups is 2. The van der Waals surface area contributed by atoms with E-state index in [1.165, 1.54) is 25.7 Å². The van der Waals surface area contributed by atoms with E-state index < -0.39 is 5.66 Å². The second-order valence-corrected chi connectivity index (χ2v) is 11.6. The first-order valence-electron chi connectivity index (χ1n) is 14.8. The van der Waals surface area contributed by atoms with Crippen LogP contribution in [0, 0.1) is 11.8 Å². The molecule has 0 radical (unpaired) electrons. The topological polar surface area (TPSA) is 70.2 Å². The Morgan fingerprint density at radius 1 is 0.667 bits per heavy atom. The molecular formula is C34H39N3O2. The van der Waals surface area contributed by atoms with E-state index in [-0.39, 0.29) is 29.6 Å². The number of para-hydroxylation sites is 2. The molecule has 5 nitrogen and oxygen atoms in total. The number of nitrogens with one attached hydrogen (secondary N) is 3. The SMILES string of the molecule is O=C(c1ccccc1)c1ccc(C2(C(C(=O)NC3CCCCC3)C3CCCCC3)Nc3ccccc3N2)cc1. The zero-order valence-corrected chi connectivity index (χ0v) is 22.6. The summed E-state index contributed by atoms with van der Waals surface area (Å²) in [7, 11) is 0. The number of fused-ring (bicyclic) bond motifs is 1. The highest BCUT2D eigenvalue weighted by Gasteiger charge is 2.52. The number of benzene rings is 3. The molecule has 3 aromatic carbocycles. The van der Waals surface area contributed by atoms with Gasteiger partial charge < -0.3 is 16.0 Å². The number of rotatable bonds is 7. The molecule has 2 aliphatic carbocycles. The number of amides is 1. The lowest BCUT2D eigenvalue weighted by Gasteiger charge is -2.44. The molecule has 6 rings (SSSR count). The van der Waals surface area contributed by atoms with Crippen molar-refractivity contribution in [2.24, 2.45) is 11.8 Å². The minimum absolute atomic E-state index is 0.00528. The van der Waals surface area contributed by atoms with Crippen LogP contribution in [0.15, 0.2) is 78.9 Å². The van der Waals surface area contributed by atoms with Crippen LogP contribution in [0.5, 0.6) is 0 Å². The minimum atomic E-state index is -0.793. The van der Waals surface area contributed by atoms with Gasteiger partial charge in [0.2, 0.25) is 5.91 Å². The van der Waals surface area contributed by atoms with Gasteiger partial charge >= 0.3 is 0 Å². The summed E-state index contributed by atoms with van der Waals surface area (Å²) in [5.74, 6) is 0.127. The van der Waals surface area contributed by atoms with Gasteiger partial charge in [0.1, 0.15) is 5.66 Å². The van der Waals surface area contributed by atoms with Gasteiger partial charge in [-0.2, -0.15) is 0 Å². The second-order valence-electron chi connectivity index (χ2n) is 11.6. The van der Waals surface area contributed by atoms with Gasteiger partial charge in [0.05, 0.1) is 17.3 Å². The van der Waals surface area contributed by atoms with Crippen LogP contribution in [0.4, 0.5) is 11.4 Å². The van der Waals surface area contributed by atoms with Crippen LogP contribution in [-0.4, -0.2) is 17.7 Å². The third kappa shape index (κ3) is 5.19. The van der Waals surface area contributed by atoms with E-state index >= 15 is 0 Å². The molecule has 0 bridgehead atoms. The van der Waals surface area contributed by atoms with E-state index in [1.807, 2.05) is 66.7 Å². The highest BCUT2D eigenvalue weighted by Crippen LogP contribution is 2.49. The molecule has 1 aliphatic heterocycles. The molecule has 1 heterocycles. The van der Waals surface area contributed by atoms with Crippen molar-refractivity contribution in [1.82, 2.24) is 5.32 Å². The maximum Gasteiger partial charge on any atom is 0.228 e. The van der Waals surface area contributed by atoms with Gasteiger partial charge in [-0.15, -0.1) is 0 Å². The number of carbonyl (C=O) groups excluding carboxylic acids is 2. The number of hydrogen-bond acceptors (Lipinski definition) is 4. The van der Waals surface area contributed by atoms with Crippen molar-refractivity contribution in [3.63, 3.8) is 0 Å².